The minimum Gasteiger partial charge on any atom is -0.496 e. The molecule has 1 aliphatic heterocycles. The molecule has 1 aliphatic rings. The van der Waals surface area contributed by atoms with Gasteiger partial charge < -0.3 is 15.4 Å². The second kappa shape index (κ2) is 9.11. The highest BCUT2D eigenvalue weighted by atomic mass is 19.1. The molecule has 1 saturated heterocycles. The van der Waals surface area contributed by atoms with Gasteiger partial charge >= 0.3 is 0 Å². The van der Waals surface area contributed by atoms with Gasteiger partial charge in [0.25, 0.3) is 0 Å². The van der Waals surface area contributed by atoms with Crippen LogP contribution in [0.5, 0.6) is 5.75 Å². The third-order valence-corrected chi connectivity index (χ3v) is 5.33. The molecule has 2 N–H and O–H groups in total. The first-order valence-corrected chi connectivity index (χ1v) is 9.82. The Hall–Kier alpha value is -2.84. The maximum Gasteiger partial charge on any atom is 0.187 e. The molecule has 2 aromatic carbocycles. The number of tetrazole rings is 1. The number of piperidine rings is 1. The van der Waals surface area contributed by atoms with Gasteiger partial charge in [-0.2, -0.15) is 4.68 Å². The van der Waals surface area contributed by atoms with E-state index in [2.05, 4.69) is 50.4 Å². The third kappa shape index (κ3) is 4.28. The summed E-state index contributed by atoms with van der Waals surface area (Å²) in [6, 6.07) is 16.7. The van der Waals surface area contributed by atoms with Crippen molar-refractivity contribution in [3.05, 3.63) is 65.5 Å². The summed E-state index contributed by atoms with van der Waals surface area (Å²) in [6.07, 6.45) is 2.22. The lowest BCUT2D eigenvalue weighted by molar-refractivity contribution is 0.303. The van der Waals surface area contributed by atoms with Gasteiger partial charge in [0.05, 0.1) is 12.8 Å². The van der Waals surface area contributed by atoms with E-state index in [0.29, 0.717) is 18.3 Å². The maximum atomic E-state index is 13.1. The quantitative estimate of drug-likeness (QED) is 0.640. The lowest BCUT2D eigenvalue weighted by Gasteiger charge is -2.34. The smallest absolute Gasteiger partial charge is 0.187 e. The van der Waals surface area contributed by atoms with E-state index in [9.17, 15) is 4.39 Å². The van der Waals surface area contributed by atoms with Gasteiger partial charge in [0.15, 0.2) is 12.5 Å². The molecule has 2 heterocycles. The van der Waals surface area contributed by atoms with Crippen LogP contribution < -0.4 is 15.4 Å². The highest BCUT2D eigenvalue weighted by Crippen LogP contribution is 2.26. The summed E-state index contributed by atoms with van der Waals surface area (Å²) in [4.78, 5) is 0. The number of hydrogen-bond acceptors (Lipinski definition) is 6. The van der Waals surface area contributed by atoms with Crippen molar-refractivity contribution in [3.8, 4) is 11.4 Å². The van der Waals surface area contributed by atoms with Crippen LogP contribution in [0.25, 0.3) is 5.69 Å². The number of rotatable bonds is 7. The number of benzene rings is 2. The molecule has 0 amide bonds. The Kier molecular flexibility index (Phi) is 6.12. The third-order valence-electron chi connectivity index (χ3n) is 5.33. The van der Waals surface area contributed by atoms with Crippen LogP contribution in [-0.2, 0) is 13.2 Å². The summed E-state index contributed by atoms with van der Waals surface area (Å²) in [7, 11) is 1.65. The first kappa shape index (κ1) is 19.5. The zero-order chi connectivity index (χ0) is 20.1. The molecule has 1 fully saturated rings. The normalized spacial score (nSPS) is 19.2. The van der Waals surface area contributed by atoms with Crippen LogP contribution in [0, 0.1) is 0 Å². The Balaban J connectivity index is 1.54. The van der Waals surface area contributed by atoms with Crippen LogP contribution in [0.3, 0.4) is 0 Å². The molecule has 0 spiro atoms. The zero-order valence-corrected chi connectivity index (χ0v) is 16.4. The number of ether oxygens (including phenoxy) is 1. The minimum atomic E-state index is -0.723. The predicted octanol–water partition coefficient (Wildman–Crippen LogP) is 2.72. The molecule has 0 saturated carbocycles. The highest BCUT2D eigenvalue weighted by molar-refractivity contribution is 5.44. The molecule has 29 heavy (non-hydrogen) atoms. The molecule has 2 atom stereocenters. The van der Waals surface area contributed by atoms with Gasteiger partial charge in [0, 0.05) is 24.2 Å². The van der Waals surface area contributed by atoms with E-state index in [0.717, 1.165) is 30.7 Å². The number of nitrogens with one attached hydrogen (secondary N) is 2. The van der Waals surface area contributed by atoms with Crippen LogP contribution in [0.15, 0.2) is 48.5 Å². The topological polar surface area (TPSA) is 76.9 Å². The molecule has 0 bridgehead atoms. The van der Waals surface area contributed by atoms with Crippen LogP contribution in [0.4, 0.5) is 4.39 Å². The molecule has 4 rings (SSSR count). The molecule has 152 valence electrons. The average molecular weight is 396 g/mol. The van der Waals surface area contributed by atoms with Crippen molar-refractivity contribution < 1.29 is 9.13 Å². The monoisotopic (exact) mass is 396 g/mol. The Bertz CT molecular complexity index is 932. The van der Waals surface area contributed by atoms with Gasteiger partial charge in [0.1, 0.15) is 5.75 Å². The summed E-state index contributed by atoms with van der Waals surface area (Å²) in [5.41, 5.74) is 2.97. The fraction of sp³-hybridized carbons (Fsp3) is 0.381. The Morgan fingerprint density at radius 1 is 1.24 bits per heavy atom. The van der Waals surface area contributed by atoms with Crippen LogP contribution >= 0.6 is 0 Å². The fourth-order valence-electron chi connectivity index (χ4n) is 3.88. The van der Waals surface area contributed by atoms with Crippen LogP contribution in [0.1, 0.15) is 35.8 Å². The molecule has 1 aromatic heterocycles. The number of halogens is 1. The standard InChI is InChI=1S/C21H25FN6O/c1-29-19-10-9-17(28-20(13-22)25-26-27-28)12-16(19)14-24-18-8-5-11-23-21(18)15-6-3-2-4-7-15/h2-4,6-7,9-10,12,18,21,23-24H,5,8,11,13-14H2,1H3/t18-,21-/m0/s1. The van der Waals surface area contributed by atoms with Crippen molar-refractivity contribution in [1.29, 1.82) is 0 Å². The van der Waals surface area contributed by atoms with Crippen molar-refractivity contribution >= 4 is 0 Å². The Morgan fingerprint density at radius 2 is 2.10 bits per heavy atom. The highest BCUT2D eigenvalue weighted by Gasteiger charge is 2.25. The Labute approximate surface area is 169 Å². The van der Waals surface area contributed by atoms with Crippen LogP contribution in [-0.4, -0.2) is 39.9 Å². The van der Waals surface area contributed by atoms with E-state index >= 15 is 0 Å². The van der Waals surface area contributed by atoms with E-state index in [4.69, 9.17) is 4.74 Å². The predicted molar refractivity (Wildman–Crippen MR) is 108 cm³/mol. The van der Waals surface area contributed by atoms with E-state index in [-0.39, 0.29) is 11.9 Å². The molecule has 8 heteroatoms. The summed E-state index contributed by atoms with van der Waals surface area (Å²) in [5.74, 6) is 0.950. The summed E-state index contributed by atoms with van der Waals surface area (Å²) >= 11 is 0. The van der Waals surface area contributed by atoms with Gasteiger partial charge in [-0.05, 0) is 53.6 Å². The van der Waals surface area contributed by atoms with Gasteiger partial charge in [-0.3, -0.25) is 0 Å². The van der Waals surface area contributed by atoms with Gasteiger partial charge in [-0.25, -0.2) is 4.39 Å². The number of hydrogen-bond donors (Lipinski definition) is 2. The second-order valence-corrected chi connectivity index (χ2v) is 7.11. The van der Waals surface area contributed by atoms with Gasteiger partial charge in [-0.15, -0.1) is 5.10 Å². The molecule has 7 nitrogen and oxygen atoms in total. The SMILES string of the molecule is COc1ccc(-n2nnnc2CF)cc1CN[C@H]1CCCN[C@H]1c1ccccc1. The fourth-order valence-corrected chi connectivity index (χ4v) is 3.88. The van der Waals surface area contributed by atoms with Gasteiger partial charge in [0.2, 0.25) is 0 Å². The molecule has 0 radical (unpaired) electrons. The molecule has 0 unspecified atom stereocenters. The minimum absolute atomic E-state index is 0.176. The number of nitrogens with zero attached hydrogens (tertiary/aromatic N) is 4. The van der Waals surface area contributed by atoms with Crippen molar-refractivity contribution in [1.82, 2.24) is 30.8 Å². The first-order chi connectivity index (χ1) is 14.3. The summed E-state index contributed by atoms with van der Waals surface area (Å²) in [6.45, 7) is 0.917. The average Bonchev–Trinajstić information content (AvgIpc) is 3.27. The molecular formula is C21H25FN6O. The Morgan fingerprint density at radius 3 is 2.90 bits per heavy atom. The number of methoxy groups -OCH3 is 1. The molecule has 0 aliphatic carbocycles. The number of aromatic nitrogens is 4. The van der Waals surface area contributed by atoms with Crippen LogP contribution in [0.2, 0.25) is 0 Å². The molecular weight excluding hydrogens is 371 g/mol. The van der Waals surface area contributed by atoms with Crippen molar-refractivity contribution in [2.75, 3.05) is 13.7 Å². The maximum absolute atomic E-state index is 13.1. The zero-order valence-electron chi connectivity index (χ0n) is 16.4. The van der Waals surface area contributed by atoms with E-state index in [1.165, 1.54) is 10.2 Å². The van der Waals surface area contributed by atoms with E-state index < -0.39 is 6.67 Å². The number of alkyl halides is 1. The van der Waals surface area contributed by atoms with Gasteiger partial charge in [-0.1, -0.05) is 30.3 Å². The van der Waals surface area contributed by atoms with Crippen molar-refractivity contribution in [3.63, 3.8) is 0 Å². The summed E-state index contributed by atoms with van der Waals surface area (Å²) in [5, 5.41) is 18.5. The molecule has 3 aromatic rings. The first-order valence-electron chi connectivity index (χ1n) is 9.82. The van der Waals surface area contributed by atoms with E-state index in [1.807, 2.05) is 24.3 Å². The summed E-state index contributed by atoms with van der Waals surface area (Å²) < 4.78 is 20.1. The second-order valence-electron chi connectivity index (χ2n) is 7.11. The lowest BCUT2D eigenvalue weighted by atomic mass is 9.92. The lowest BCUT2D eigenvalue weighted by Crippen LogP contribution is -2.45. The largest absolute Gasteiger partial charge is 0.496 e. The van der Waals surface area contributed by atoms with E-state index in [1.54, 1.807) is 7.11 Å². The van der Waals surface area contributed by atoms with Crippen molar-refractivity contribution in [2.45, 2.75) is 38.1 Å². The van der Waals surface area contributed by atoms with Crippen molar-refractivity contribution in [2.24, 2.45) is 0 Å².